The summed E-state index contributed by atoms with van der Waals surface area (Å²) in [5.41, 5.74) is 4.09. The molecule has 29 heavy (non-hydrogen) atoms. The Morgan fingerprint density at radius 2 is 1.66 bits per heavy atom. The second-order valence-corrected chi connectivity index (χ2v) is 10.2. The van der Waals surface area contributed by atoms with Gasteiger partial charge in [-0.05, 0) is 29.0 Å². The van der Waals surface area contributed by atoms with E-state index in [2.05, 4.69) is 86.8 Å². The van der Waals surface area contributed by atoms with Gasteiger partial charge in [0.25, 0.3) is 0 Å². The molecule has 0 aliphatic carbocycles. The number of carbonyl (C=O) groups is 1. The highest BCUT2D eigenvalue weighted by atomic mass is 16.2. The van der Waals surface area contributed by atoms with Crippen LogP contribution >= 0.6 is 0 Å². The first-order valence-corrected chi connectivity index (χ1v) is 10.9. The van der Waals surface area contributed by atoms with E-state index in [1.807, 2.05) is 4.90 Å². The summed E-state index contributed by atoms with van der Waals surface area (Å²) >= 11 is 0. The lowest BCUT2D eigenvalue weighted by Gasteiger charge is -2.36. The first kappa shape index (κ1) is 21.5. The van der Waals surface area contributed by atoms with E-state index in [0.717, 1.165) is 39.4 Å². The summed E-state index contributed by atoms with van der Waals surface area (Å²) in [4.78, 5) is 21.4. The number of anilines is 1. The zero-order valence-corrected chi connectivity index (χ0v) is 19.1. The molecule has 0 atom stereocenters. The fourth-order valence-electron chi connectivity index (χ4n) is 4.18. The first-order chi connectivity index (χ1) is 13.6. The van der Waals surface area contributed by atoms with E-state index in [-0.39, 0.29) is 5.41 Å². The van der Waals surface area contributed by atoms with Gasteiger partial charge < -0.3 is 19.6 Å². The summed E-state index contributed by atoms with van der Waals surface area (Å²) in [6, 6.07) is 8.95. The molecular weight excluding hydrogens is 360 g/mol. The molecule has 1 aromatic carbocycles. The van der Waals surface area contributed by atoms with Gasteiger partial charge in [0, 0.05) is 58.1 Å². The standard InChI is InChI=1S/C24H38N4O/c1-19(2)15-23(29)27-13-11-26(12-14-27)21-9-7-20(8-10-21)22-16-25(6)18-28(22)17-24(3,4)5/h7-10,16,19H,11-15,17-18H2,1-6H3. The number of benzene rings is 1. The first-order valence-electron chi connectivity index (χ1n) is 10.9. The predicted octanol–water partition coefficient (Wildman–Crippen LogP) is 3.93. The van der Waals surface area contributed by atoms with Gasteiger partial charge in [-0.25, -0.2) is 0 Å². The Labute approximate surface area is 176 Å². The smallest absolute Gasteiger partial charge is 0.222 e. The Morgan fingerprint density at radius 3 is 2.21 bits per heavy atom. The summed E-state index contributed by atoms with van der Waals surface area (Å²) in [7, 11) is 2.14. The maximum atomic E-state index is 12.3. The van der Waals surface area contributed by atoms with Crippen molar-refractivity contribution in [2.45, 2.75) is 41.0 Å². The number of hydrogen-bond donors (Lipinski definition) is 0. The molecule has 0 bridgehead atoms. The summed E-state index contributed by atoms with van der Waals surface area (Å²) in [6.07, 6.45) is 2.91. The lowest BCUT2D eigenvalue weighted by molar-refractivity contribution is -0.132. The Kier molecular flexibility index (Phi) is 6.45. The minimum absolute atomic E-state index is 0.261. The van der Waals surface area contributed by atoms with Crippen molar-refractivity contribution in [2.75, 3.05) is 51.3 Å². The van der Waals surface area contributed by atoms with Crippen LogP contribution < -0.4 is 4.90 Å². The minimum Gasteiger partial charge on any atom is -0.368 e. The molecule has 0 unspecified atom stereocenters. The van der Waals surface area contributed by atoms with E-state index >= 15 is 0 Å². The van der Waals surface area contributed by atoms with Gasteiger partial charge in [-0.2, -0.15) is 0 Å². The van der Waals surface area contributed by atoms with Gasteiger partial charge >= 0.3 is 0 Å². The van der Waals surface area contributed by atoms with Crippen LogP contribution in [0.25, 0.3) is 5.70 Å². The molecule has 5 heteroatoms. The van der Waals surface area contributed by atoms with Crippen LogP contribution in [-0.2, 0) is 4.79 Å². The van der Waals surface area contributed by atoms with E-state index < -0.39 is 0 Å². The molecule has 2 heterocycles. The third-order valence-corrected chi connectivity index (χ3v) is 5.49. The molecule has 1 aromatic rings. The molecule has 5 nitrogen and oxygen atoms in total. The maximum Gasteiger partial charge on any atom is 0.222 e. The number of rotatable bonds is 5. The molecule has 0 saturated carbocycles. The Bertz CT molecular complexity index is 724. The zero-order valence-electron chi connectivity index (χ0n) is 19.1. The predicted molar refractivity (Wildman–Crippen MR) is 121 cm³/mol. The molecule has 2 aliphatic heterocycles. The van der Waals surface area contributed by atoms with Crippen LogP contribution in [0.4, 0.5) is 5.69 Å². The number of piperazine rings is 1. The van der Waals surface area contributed by atoms with E-state index in [1.54, 1.807) is 0 Å². The van der Waals surface area contributed by atoms with E-state index in [1.165, 1.54) is 16.9 Å². The summed E-state index contributed by atoms with van der Waals surface area (Å²) < 4.78 is 0. The maximum absolute atomic E-state index is 12.3. The average molecular weight is 399 g/mol. The summed E-state index contributed by atoms with van der Waals surface area (Å²) in [5, 5.41) is 0. The number of carbonyl (C=O) groups excluding carboxylic acids is 1. The quantitative estimate of drug-likeness (QED) is 0.752. The Hall–Kier alpha value is -2.17. The van der Waals surface area contributed by atoms with E-state index in [4.69, 9.17) is 0 Å². The third-order valence-electron chi connectivity index (χ3n) is 5.49. The van der Waals surface area contributed by atoms with Crippen LogP contribution in [0.2, 0.25) is 0 Å². The van der Waals surface area contributed by atoms with Crippen molar-refractivity contribution in [3.63, 3.8) is 0 Å². The highest BCUT2D eigenvalue weighted by molar-refractivity contribution is 5.76. The SMILES string of the molecule is CC(C)CC(=O)N1CCN(c2ccc(C3=CN(C)CN3CC(C)(C)C)cc2)CC1. The molecule has 0 N–H and O–H groups in total. The monoisotopic (exact) mass is 398 g/mol. The van der Waals surface area contributed by atoms with E-state index in [9.17, 15) is 4.79 Å². The highest BCUT2D eigenvalue weighted by Gasteiger charge is 2.25. The van der Waals surface area contributed by atoms with Gasteiger partial charge in [0.15, 0.2) is 0 Å². The summed E-state index contributed by atoms with van der Waals surface area (Å²) in [5.74, 6) is 0.723. The van der Waals surface area contributed by atoms with Gasteiger partial charge in [-0.15, -0.1) is 0 Å². The van der Waals surface area contributed by atoms with Crippen LogP contribution in [0.1, 0.15) is 46.6 Å². The molecule has 2 aliphatic rings. The molecule has 3 rings (SSSR count). The molecule has 0 aromatic heterocycles. The van der Waals surface area contributed by atoms with Gasteiger partial charge in [0.1, 0.15) is 0 Å². The molecule has 1 saturated heterocycles. The van der Waals surface area contributed by atoms with Gasteiger partial charge in [-0.1, -0.05) is 46.8 Å². The fraction of sp³-hybridized carbons (Fsp3) is 0.625. The zero-order chi connectivity index (χ0) is 21.2. The minimum atomic E-state index is 0.261. The van der Waals surface area contributed by atoms with Crippen LogP contribution in [0.15, 0.2) is 30.5 Å². The largest absolute Gasteiger partial charge is 0.368 e. The van der Waals surface area contributed by atoms with Crippen molar-refractivity contribution in [1.82, 2.24) is 14.7 Å². The number of hydrogen-bond acceptors (Lipinski definition) is 4. The Morgan fingerprint density at radius 1 is 1.03 bits per heavy atom. The second kappa shape index (κ2) is 8.68. The molecule has 160 valence electrons. The number of amides is 1. The normalized spacial score (nSPS) is 18.0. The van der Waals surface area contributed by atoms with Crippen molar-refractivity contribution < 1.29 is 4.79 Å². The van der Waals surface area contributed by atoms with Crippen molar-refractivity contribution >= 4 is 17.3 Å². The van der Waals surface area contributed by atoms with Crippen molar-refractivity contribution in [1.29, 1.82) is 0 Å². The Balaban J connectivity index is 1.62. The van der Waals surface area contributed by atoms with Gasteiger partial charge in [-0.3, -0.25) is 4.79 Å². The second-order valence-electron chi connectivity index (χ2n) is 10.2. The van der Waals surface area contributed by atoms with Gasteiger partial charge in [0.2, 0.25) is 5.91 Å². The lowest BCUT2D eigenvalue weighted by atomic mass is 9.95. The average Bonchev–Trinajstić information content (AvgIpc) is 3.00. The molecule has 1 amide bonds. The van der Waals surface area contributed by atoms with E-state index in [0.29, 0.717) is 18.2 Å². The van der Waals surface area contributed by atoms with Crippen LogP contribution in [0.5, 0.6) is 0 Å². The van der Waals surface area contributed by atoms with Crippen LogP contribution in [0, 0.1) is 11.3 Å². The van der Waals surface area contributed by atoms with Crippen molar-refractivity contribution in [2.24, 2.45) is 11.3 Å². The molecular formula is C24H38N4O. The van der Waals surface area contributed by atoms with Gasteiger partial charge in [0.05, 0.1) is 12.4 Å². The van der Waals surface area contributed by atoms with Crippen molar-refractivity contribution in [3.05, 3.63) is 36.0 Å². The topological polar surface area (TPSA) is 30.0 Å². The molecule has 0 radical (unpaired) electrons. The van der Waals surface area contributed by atoms with Crippen molar-refractivity contribution in [3.8, 4) is 0 Å². The third kappa shape index (κ3) is 5.68. The van der Waals surface area contributed by atoms with Crippen LogP contribution in [0.3, 0.4) is 0 Å². The lowest BCUT2D eigenvalue weighted by Crippen LogP contribution is -2.49. The summed E-state index contributed by atoms with van der Waals surface area (Å²) in [6.45, 7) is 16.5. The fourth-order valence-corrected chi connectivity index (χ4v) is 4.18. The molecule has 1 fully saturated rings. The number of nitrogens with zero attached hydrogens (tertiary/aromatic N) is 4. The molecule has 0 spiro atoms. The van der Waals surface area contributed by atoms with Crippen LogP contribution in [-0.4, -0.2) is 67.0 Å². The highest BCUT2D eigenvalue weighted by Crippen LogP contribution is 2.30.